The standard InChI is InChI=1S/C13H15Br2NOS/c1-13(2)8-16(5-6-18-13)12(17)10-7-9(14)3-4-11(10)15/h3-4,7H,5-6,8H2,1-2H3. The minimum Gasteiger partial charge on any atom is -0.336 e. The summed E-state index contributed by atoms with van der Waals surface area (Å²) in [5.74, 6) is 1.11. The Morgan fingerprint density at radius 1 is 1.39 bits per heavy atom. The van der Waals surface area contributed by atoms with Crippen LogP contribution in [-0.4, -0.2) is 34.4 Å². The lowest BCUT2D eigenvalue weighted by molar-refractivity contribution is 0.0747. The molecule has 0 spiro atoms. The Hall–Kier alpha value is -0.000000000000000111. The predicted molar refractivity (Wildman–Crippen MR) is 84.3 cm³/mol. The van der Waals surface area contributed by atoms with Crippen molar-refractivity contribution in [2.75, 3.05) is 18.8 Å². The van der Waals surface area contributed by atoms with Crippen LogP contribution in [0.1, 0.15) is 24.2 Å². The van der Waals surface area contributed by atoms with Gasteiger partial charge in [0.1, 0.15) is 0 Å². The zero-order valence-corrected chi connectivity index (χ0v) is 14.4. The summed E-state index contributed by atoms with van der Waals surface area (Å²) in [6.45, 7) is 6.00. The van der Waals surface area contributed by atoms with E-state index >= 15 is 0 Å². The zero-order valence-electron chi connectivity index (χ0n) is 10.4. The number of benzene rings is 1. The first-order valence-electron chi connectivity index (χ1n) is 5.77. The molecule has 1 heterocycles. The van der Waals surface area contributed by atoms with Gasteiger partial charge in [-0.2, -0.15) is 11.8 Å². The molecule has 98 valence electrons. The molecule has 1 fully saturated rings. The summed E-state index contributed by atoms with van der Waals surface area (Å²) in [5, 5.41) is 0. The van der Waals surface area contributed by atoms with Gasteiger partial charge in [0.25, 0.3) is 5.91 Å². The van der Waals surface area contributed by atoms with Crippen molar-refractivity contribution in [2.24, 2.45) is 0 Å². The summed E-state index contributed by atoms with van der Waals surface area (Å²) in [7, 11) is 0. The summed E-state index contributed by atoms with van der Waals surface area (Å²) < 4.78 is 1.93. The normalized spacial score (nSPS) is 18.8. The average Bonchev–Trinajstić information content (AvgIpc) is 2.30. The molecular weight excluding hydrogens is 378 g/mol. The van der Waals surface area contributed by atoms with Crippen LogP contribution in [0.15, 0.2) is 27.1 Å². The van der Waals surface area contributed by atoms with Crippen LogP contribution in [0.5, 0.6) is 0 Å². The number of halogens is 2. The number of carbonyl (C=O) groups is 1. The largest absolute Gasteiger partial charge is 0.336 e. The number of carbonyl (C=O) groups excluding carboxylic acids is 1. The third-order valence-electron chi connectivity index (χ3n) is 2.87. The first kappa shape index (κ1) is 14.4. The molecule has 0 N–H and O–H groups in total. The zero-order chi connectivity index (χ0) is 13.3. The van der Waals surface area contributed by atoms with Gasteiger partial charge < -0.3 is 4.90 Å². The minimum absolute atomic E-state index is 0.108. The van der Waals surface area contributed by atoms with E-state index < -0.39 is 0 Å². The molecule has 0 unspecified atom stereocenters. The van der Waals surface area contributed by atoms with Gasteiger partial charge in [-0.3, -0.25) is 4.79 Å². The fraction of sp³-hybridized carbons (Fsp3) is 0.462. The van der Waals surface area contributed by atoms with Crippen LogP contribution in [0.2, 0.25) is 0 Å². The van der Waals surface area contributed by atoms with Crippen molar-refractivity contribution in [2.45, 2.75) is 18.6 Å². The van der Waals surface area contributed by atoms with Crippen LogP contribution in [0.25, 0.3) is 0 Å². The molecule has 1 saturated heterocycles. The molecule has 1 aliphatic rings. The monoisotopic (exact) mass is 391 g/mol. The van der Waals surface area contributed by atoms with E-state index in [1.807, 2.05) is 34.9 Å². The third kappa shape index (κ3) is 3.31. The molecule has 1 amide bonds. The topological polar surface area (TPSA) is 20.3 Å². The van der Waals surface area contributed by atoms with E-state index in [1.54, 1.807) is 0 Å². The lowest BCUT2D eigenvalue weighted by Gasteiger charge is -2.37. The predicted octanol–water partition coefficient (Wildman–Crippen LogP) is 4.18. The first-order chi connectivity index (χ1) is 8.39. The van der Waals surface area contributed by atoms with Crippen molar-refractivity contribution < 1.29 is 4.79 Å². The van der Waals surface area contributed by atoms with Gasteiger partial charge in [-0.05, 0) is 48.0 Å². The Kier molecular flexibility index (Phi) is 4.44. The molecule has 5 heteroatoms. The molecule has 1 aliphatic heterocycles. The molecule has 0 bridgehead atoms. The van der Waals surface area contributed by atoms with Gasteiger partial charge in [0.05, 0.1) is 5.56 Å². The van der Waals surface area contributed by atoms with E-state index in [1.165, 1.54) is 0 Å². The molecular formula is C13H15Br2NOS. The summed E-state index contributed by atoms with van der Waals surface area (Å²) in [6.07, 6.45) is 0. The van der Waals surface area contributed by atoms with Crippen LogP contribution in [0.4, 0.5) is 0 Å². The van der Waals surface area contributed by atoms with Crippen molar-refractivity contribution in [3.8, 4) is 0 Å². The number of nitrogens with zero attached hydrogens (tertiary/aromatic N) is 1. The van der Waals surface area contributed by atoms with Gasteiger partial charge in [0, 0.05) is 32.5 Å². The molecule has 0 atom stereocenters. The highest BCUT2D eigenvalue weighted by molar-refractivity contribution is 9.11. The third-order valence-corrected chi connectivity index (χ3v) is 5.35. The highest BCUT2D eigenvalue weighted by Crippen LogP contribution is 2.31. The van der Waals surface area contributed by atoms with Crippen molar-refractivity contribution in [3.05, 3.63) is 32.7 Å². The van der Waals surface area contributed by atoms with E-state index in [9.17, 15) is 4.79 Å². The molecule has 0 aliphatic carbocycles. The number of hydrogen-bond donors (Lipinski definition) is 0. The van der Waals surface area contributed by atoms with Crippen molar-refractivity contribution in [1.29, 1.82) is 0 Å². The highest BCUT2D eigenvalue weighted by Gasteiger charge is 2.30. The molecule has 0 saturated carbocycles. The Bertz CT molecular complexity index is 476. The first-order valence-corrected chi connectivity index (χ1v) is 8.34. The van der Waals surface area contributed by atoms with Crippen LogP contribution in [-0.2, 0) is 0 Å². The Balaban J connectivity index is 2.23. The molecule has 1 aromatic carbocycles. The van der Waals surface area contributed by atoms with Crippen LogP contribution in [0, 0.1) is 0 Å². The fourth-order valence-corrected chi connectivity index (χ4v) is 3.91. The van der Waals surface area contributed by atoms with E-state index in [4.69, 9.17) is 0 Å². The summed E-state index contributed by atoms with van der Waals surface area (Å²) in [6, 6.07) is 5.71. The summed E-state index contributed by atoms with van der Waals surface area (Å²) in [5.41, 5.74) is 0.729. The van der Waals surface area contributed by atoms with Crippen molar-refractivity contribution >= 4 is 49.5 Å². The molecule has 0 aromatic heterocycles. The van der Waals surface area contributed by atoms with E-state index in [0.717, 1.165) is 33.4 Å². The second-order valence-corrected chi connectivity index (χ2v) is 8.53. The molecule has 2 rings (SSSR count). The second kappa shape index (κ2) is 5.55. The molecule has 18 heavy (non-hydrogen) atoms. The maximum Gasteiger partial charge on any atom is 0.255 e. The van der Waals surface area contributed by atoms with Gasteiger partial charge in [0.15, 0.2) is 0 Å². The van der Waals surface area contributed by atoms with Crippen LogP contribution < -0.4 is 0 Å². The van der Waals surface area contributed by atoms with Gasteiger partial charge in [-0.25, -0.2) is 0 Å². The van der Waals surface area contributed by atoms with Gasteiger partial charge in [0.2, 0.25) is 0 Å². The molecule has 1 aromatic rings. The number of rotatable bonds is 1. The number of thioether (sulfide) groups is 1. The summed E-state index contributed by atoms with van der Waals surface area (Å²) in [4.78, 5) is 14.5. The smallest absolute Gasteiger partial charge is 0.255 e. The van der Waals surface area contributed by atoms with Crippen molar-refractivity contribution in [1.82, 2.24) is 4.90 Å². The summed E-state index contributed by atoms with van der Waals surface area (Å²) >= 11 is 8.80. The average molecular weight is 393 g/mol. The highest BCUT2D eigenvalue weighted by atomic mass is 79.9. The van der Waals surface area contributed by atoms with Crippen molar-refractivity contribution in [3.63, 3.8) is 0 Å². The van der Waals surface area contributed by atoms with Gasteiger partial charge >= 0.3 is 0 Å². The maximum absolute atomic E-state index is 12.5. The van der Waals surface area contributed by atoms with Gasteiger partial charge in [-0.1, -0.05) is 15.9 Å². The van der Waals surface area contributed by atoms with E-state index in [2.05, 4.69) is 45.7 Å². The lowest BCUT2D eigenvalue weighted by atomic mass is 10.1. The second-order valence-electron chi connectivity index (χ2n) is 4.96. The number of amides is 1. The Morgan fingerprint density at radius 2 is 2.11 bits per heavy atom. The van der Waals surface area contributed by atoms with Crippen LogP contribution in [0.3, 0.4) is 0 Å². The Morgan fingerprint density at radius 3 is 2.78 bits per heavy atom. The van der Waals surface area contributed by atoms with Crippen LogP contribution >= 0.6 is 43.6 Å². The minimum atomic E-state index is 0.108. The molecule has 2 nitrogen and oxygen atoms in total. The number of hydrogen-bond acceptors (Lipinski definition) is 2. The van der Waals surface area contributed by atoms with Gasteiger partial charge in [-0.15, -0.1) is 0 Å². The molecule has 0 radical (unpaired) electrons. The van der Waals surface area contributed by atoms with E-state index in [-0.39, 0.29) is 10.7 Å². The Labute approximate surface area is 129 Å². The van der Waals surface area contributed by atoms with E-state index in [0.29, 0.717) is 0 Å². The quantitative estimate of drug-likeness (QED) is 0.714. The lowest BCUT2D eigenvalue weighted by Crippen LogP contribution is -2.46. The SMILES string of the molecule is CC1(C)CN(C(=O)c2cc(Br)ccc2Br)CCS1. The fourth-order valence-electron chi connectivity index (χ4n) is 2.02. The maximum atomic E-state index is 12.5.